The number of halogens is 2. The topological polar surface area (TPSA) is 84.5 Å². The highest BCUT2D eigenvalue weighted by molar-refractivity contribution is 7.89. The number of benzene rings is 3. The third kappa shape index (κ3) is 6.21. The van der Waals surface area contributed by atoms with Gasteiger partial charge < -0.3 is 10.1 Å². The van der Waals surface area contributed by atoms with Crippen molar-refractivity contribution in [1.82, 2.24) is 4.72 Å². The number of anilines is 1. The predicted molar refractivity (Wildman–Crippen MR) is 122 cm³/mol. The van der Waals surface area contributed by atoms with Crippen molar-refractivity contribution in [1.29, 1.82) is 0 Å². The fourth-order valence-electron chi connectivity index (χ4n) is 2.90. The molecule has 9 heteroatoms. The van der Waals surface area contributed by atoms with Crippen LogP contribution in [0.25, 0.3) is 0 Å². The molecule has 1 amide bonds. The molecule has 0 radical (unpaired) electrons. The summed E-state index contributed by atoms with van der Waals surface area (Å²) in [4.78, 5) is 12.8. The van der Waals surface area contributed by atoms with Gasteiger partial charge in [-0.05, 0) is 42.3 Å². The molecule has 0 aromatic heterocycles. The molecule has 0 bridgehead atoms. The molecule has 0 unspecified atom stereocenters. The highest BCUT2D eigenvalue weighted by atomic mass is 35.5. The number of carbonyl (C=O) groups is 1. The number of nitrogens with one attached hydrogen (secondary N) is 2. The number of sulfonamides is 1. The molecular formula is C22H20Cl2N2O4S. The minimum absolute atomic E-state index is 0.00330. The van der Waals surface area contributed by atoms with Gasteiger partial charge in [0.05, 0.1) is 12.1 Å². The zero-order valence-electron chi connectivity index (χ0n) is 16.5. The number of rotatable bonds is 8. The lowest BCUT2D eigenvalue weighted by Gasteiger charge is -2.19. The van der Waals surface area contributed by atoms with E-state index in [0.717, 1.165) is 5.56 Å². The monoisotopic (exact) mass is 478 g/mol. The standard InChI is InChI=1S/C22H20Cl2N2O4S/c1-30-18-9-5-8-17(14-18)25-22(27)20(12-15-6-3-2-4-7-15)26-31(28,29)21-13-16(23)10-11-19(21)24/h2-11,13-14,20,26H,12H2,1H3,(H,25,27)/t20-/m0/s1. The number of hydrogen-bond donors (Lipinski definition) is 2. The van der Waals surface area contributed by atoms with Crippen LogP contribution in [0.1, 0.15) is 5.56 Å². The first-order valence-electron chi connectivity index (χ1n) is 9.25. The Hall–Kier alpha value is -2.58. The predicted octanol–water partition coefficient (Wildman–Crippen LogP) is 4.53. The third-order valence-corrected chi connectivity index (χ3v) is 6.60. The number of hydrogen-bond acceptors (Lipinski definition) is 4. The van der Waals surface area contributed by atoms with Crippen molar-refractivity contribution < 1.29 is 17.9 Å². The molecule has 0 heterocycles. The highest BCUT2D eigenvalue weighted by Crippen LogP contribution is 2.25. The van der Waals surface area contributed by atoms with Gasteiger partial charge in [-0.15, -0.1) is 0 Å². The van der Waals surface area contributed by atoms with Gasteiger partial charge in [0.2, 0.25) is 15.9 Å². The molecule has 1 atom stereocenters. The normalized spacial score (nSPS) is 12.2. The second-order valence-electron chi connectivity index (χ2n) is 6.66. The molecule has 0 aliphatic carbocycles. The van der Waals surface area contributed by atoms with Crippen LogP contribution in [-0.2, 0) is 21.2 Å². The molecule has 0 saturated heterocycles. The van der Waals surface area contributed by atoms with Crippen LogP contribution in [0.5, 0.6) is 5.75 Å². The summed E-state index contributed by atoms with van der Waals surface area (Å²) in [6.45, 7) is 0. The largest absolute Gasteiger partial charge is 0.497 e. The average Bonchev–Trinajstić information content (AvgIpc) is 2.75. The van der Waals surface area contributed by atoms with Gasteiger partial charge in [0, 0.05) is 16.8 Å². The lowest BCUT2D eigenvalue weighted by atomic mass is 10.1. The summed E-state index contributed by atoms with van der Waals surface area (Å²) < 4.78 is 33.6. The zero-order chi connectivity index (χ0) is 22.4. The molecule has 0 aliphatic rings. The number of ether oxygens (including phenoxy) is 1. The van der Waals surface area contributed by atoms with Crippen LogP contribution in [0.2, 0.25) is 10.0 Å². The second kappa shape index (κ2) is 10.2. The smallest absolute Gasteiger partial charge is 0.242 e. The lowest BCUT2D eigenvalue weighted by molar-refractivity contribution is -0.117. The van der Waals surface area contributed by atoms with Gasteiger partial charge in [0.15, 0.2) is 0 Å². The SMILES string of the molecule is COc1cccc(NC(=O)[C@H](Cc2ccccc2)NS(=O)(=O)c2cc(Cl)ccc2Cl)c1. The molecular weight excluding hydrogens is 459 g/mol. The summed E-state index contributed by atoms with van der Waals surface area (Å²) in [5.74, 6) is 0.0301. The molecule has 2 N–H and O–H groups in total. The maximum absolute atomic E-state index is 13.0. The average molecular weight is 479 g/mol. The van der Waals surface area contributed by atoms with E-state index in [1.54, 1.807) is 24.3 Å². The van der Waals surface area contributed by atoms with Crippen molar-refractivity contribution in [3.05, 3.63) is 88.4 Å². The van der Waals surface area contributed by atoms with Crippen LogP contribution in [0.3, 0.4) is 0 Å². The molecule has 3 aromatic carbocycles. The van der Waals surface area contributed by atoms with E-state index in [4.69, 9.17) is 27.9 Å². The summed E-state index contributed by atoms with van der Waals surface area (Å²) in [5.41, 5.74) is 1.26. The minimum atomic E-state index is -4.13. The molecule has 0 saturated carbocycles. The second-order valence-corrected chi connectivity index (χ2v) is 9.19. The molecule has 0 fully saturated rings. The Morgan fingerprint density at radius 2 is 1.74 bits per heavy atom. The van der Waals surface area contributed by atoms with Gasteiger partial charge >= 0.3 is 0 Å². The van der Waals surface area contributed by atoms with Crippen molar-refractivity contribution in [2.75, 3.05) is 12.4 Å². The molecule has 31 heavy (non-hydrogen) atoms. The van der Waals surface area contributed by atoms with Crippen molar-refractivity contribution in [3.63, 3.8) is 0 Å². The summed E-state index contributed by atoms with van der Waals surface area (Å²) in [7, 11) is -2.62. The van der Waals surface area contributed by atoms with Crippen LogP contribution >= 0.6 is 23.2 Å². The molecule has 3 rings (SSSR count). The van der Waals surface area contributed by atoms with Gasteiger partial charge in [-0.3, -0.25) is 4.79 Å². The lowest BCUT2D eigenvalue weighted by Crippen LogP contribution is -2.45. The number of carbonyl (C=O) groups excluding carboxylic acids is 1. The Balaban J connectivity index is 1.90. The van der Waals surface area contributed by atoms with E-state index in [2.05, 4.69) is 10.0 Å². The summed E-state index contributed by atoms with van der Waals surface area (Å²) in [6, 6.07) is 18.9. The number of methoxy groups -OCH3 is 1. The Bertz CT molecular complexity index is 1170. The van der Waals surface area contributed by atoms with Gasteiger partial charge in [-0.2, -0.15) is 4.72 Å². The van der Waals surface area contributed by atoms with Crippen molar-refractivity contribution in [2.24, 2.45) is 0 Å². The quantitative estimate of drug-likeness (QED) is 0.497. The first kappa shape index (κ1) is 23.1. The Labute approximate surface area is 191 Å². The number of amides is 1. The van der Waals surface area contributed by atoms with Crippen molar-refractivity contribution in [3.8, 4) is 5.75 Å². The van der Waals surface area contributed by atoms with E-state index in [1.165, 1.54) is 25.3 Å². The van der Waals surface area contributed by atoms with Crippen LogP contribution in [0.4, 0.5) is 5.69 Å². The van der Waals surface area contributed by atoms with Crippen molar-refractivity contribution >= 4 is 44.8 Å². The minimum Gasteiger partial charge on any atom is -0.497 e. The van der Waals surface area contributed by atoms with E-state index in [9.17, 15) is 13.2 Å². The maximum atomic E-state index is 13.0. The first-order valence-corrected chi connectivity index (χ1v) is 11.5. The molecule has 0 aliphatic heterocycles. The van der Waals surface area contributed by atoms with Crippen molar-refractivity contribution in [2.45, 2.75) is 17.4 Å². The summed E-state index contributed by atoms with van der Waals surface area (Å²) in [6.07, 6.45) is 0.133. The van der Waals surface area contributed by atoms with E-state index in [0.29, 0.717) is 11.4 Å². The Morgan fingerprint density at radius 1 is 1.00 bits per heavy atom. The molecule has 6 nitrogen and oxygen atoms in total. The third-order valence-electron chi connectivity index (χ3n) is 4.42. The first-order chi connectivity index (χ1) is 14.8. The van der Waals surface area contributed by atoms with Crippen LogP contribution in [-0.4, -0.2) is 27.5 Å². The fourth-order valence-corrected chi connectivity index (χ4v) is 4.86. The van der Waals surface area contributed by atoms with E-state index in [1.807, 2.05) is 30.3 Å². The summed E-state index contributed by atoms with van der Waals surface area (Å²) >= 11 is 12.0. The molecule has 162 valence electrons. The maximum Gasteiger partial charge on any atom is 0.242 e. The van der Waals surface area contributed by atoms with Crippen LogP contribution in [0.15, 0.2) is 77.7 Å². The Morgan fingerprint density at radius 3 is 2.45 bits per heavy atom. The van der Waals surface area contributed by atoms with Crippen LogP contribution in [0, 0.1) is 0 Å². The Kier molecular flexibility index (Phi) is 7.56. The highest BCUT2D eigenvalue weighted by Gasteiger charge is 2.28. The van der Waals surface area contributed by atoms with E-state index >= 15 is 0 Å². The van der Waals surface area contributed by atoms with Crippen LogP contribution < -0.4 is 14.8 Å². The van der Waals surface area contributed by atoms with Gasteiger partial charge in [-0.1, -0.05) is 59.6 Å². The molecule has 3 aromatic rings. The van der Waals surface area contributed by atoms with Gasteiger partial charge in [0.25, 0.3) is 0 Å². The van der Waals surface area contributed by atoms with Gasteiger partial charge in [-0.25, -0.2) is 8.42 Å². The molecule has 0 spiro atoms. The van der Waals surface area contributed by atoms with E-state index < -0.39 is 22.0 Å². The van der Waals surface area contributed by atoms with E-state index in [-0.39, 0.29) is 21.4 Å². The summed E-state index contributed by atoms with van der Waals surface area (Å²) in [5, 5.41) is 2.95. The fraction of sp³-hybridized carbons (Fsp3) is 0.136. The zero-order valence-corrected chi connectivity index (χ0v) is 18.8. The van der Waals surface area contributed by atoms with Gasteiger partial charge in [0.1, 0.15) is 16.7 Å².